The second kappa shape index (κ2) is 4.10. The van der Waals surface area contributed by atoms with E-state index in [9.17, 15) is 13.2 Å². The van der Waals surface area contributed by atoms with Gasteiger partial charge in [-0.1, -0.05) is 12.1 Å². The molecular weight excluding hydrogens is 207 g/mol. The van der Waals surface area contributed by atoms with Crippen LogP contribution < -0.4 is 10.5 Å². The first kappa shape index (κ1) is 11.8. The third-order valence-corrected chi connectivity index (χ3v) is 2.20. The smallest absolute Gasteiger partial charge is 0.260 e. The van der Waals surface area contributed by atoms with Crippen molar-refractivity contribution in [3.8, 4) is 5.75 Å². The number of alkyl halides is 2. The standard InChI is InChI=1S/C10H12F3NO/c1-10(14,9(12)13)6-4-3-5-7(11)8(6)15-2/h3-5,9H,14H2,1-2H3. The van der Waals surface area contributed by atoms with Gasteiger partial charge in [-0.3, -0.25) is 0 Å². The Morgan fingerprint density at radius 3 is 2.47 bits per heavy atom. The fourth-order valence-electron chi connectivity index (χ4n) is 1.26. The average Bonchev–Trinajstić information content (AvgIpc) is 2.17. The summed E-state index contributed by atoms with van der Waals surface area (Å²) in [7, 11) is 1.21. The zero-order chi connectivity index (χ0) is 11.6. The van der Waals surface area contributed by atoms with E-state index in [1.807, 2.05) is 0 Å². The van der Waals surface area contributed by atoms with E-state index < -0.39 is 17.8 Å². The summed E-state index contributed by atoms with van der Waals surface area (Å²) in [5, 5.41) is 0. The average molecular weight is 219 g/mol. The predicted octanol–water partition coefficient (Wildman–Crippen LogP) is 2.27. The SMILES string of the molecule is COc1c(F)cccc1C(C)(N)C(F)F. The molecule has 5 heteroatoms. The number of methoxy groups -OCH3 is 1. The molecule has 0 aliphatic carbocycles. The van der Waals surface area contributed by atoms with Gasteiger partial charge >= 0.3 is 0 Å². The van der Waals surface area contributed by atoms with Crippen molar-refractivity contribution in [2.45, 2.75) is 18.9 Å². The zero-order valence-electron chi connectivity index (χ0n) is 8.43. The van der Waals surface area contributed by atoms with Crippen LogP contribution in [0.4, 0.5) is 13.2 Å². The number of ether oxygens (including phenoxy) is 1. The molecule has 1 atom stereocenters. The Labute approximate surface area is 85.8 Å². The van der Waals surface area contributed by atoms with E-state index in [-0.39, 0.29) is 11.3 Å². The Bertz CT molecular complexity index is 353. The number of para-hydroxylation sites is 1. The molecule has 0 fully saturated rings. The Morgan fingerprint density at radius 2 is 2.00 bits per heavy atom. The maximum absolute atomic E-state index is 13.2. The maximum atomic E-state index is 13.2. The van der Waals surface area contributed by atoms with E-state index in [0.29, 0.717) is 0 Å². The van der Waals surface area contributed by atoms with Crippen LogP contribution in [0.15, 0.2) is 18.2 Å². The summed E-state index contributed by atoms with van der Waals surface area (Å²) in [4.78, 5) is 0. The van der Waals surface area contributed by atoms with Gasteiger partial charge in [0.05, 0.1) is 7.11 Å². The summed E-state index contributed by atoms with van der Waals surface area (Å²) < 4.78 is 43.2. The lowest BCUT2D eigenvalue weighted by atomic mass is 9.92. The highest BCUT2D eigenvalue weighted by molar-refractivity contribution is 5.40. The lowest BCUT2D eigenvalue weighted by Gasteiger charge is -2.26. The topological polar surface area (TPSA) is 35.2 Å². The van der Waals surface area contributed by atoms with Crippen LogP contribution in [0.5, 0.6) is 5.75 Å². The summed E-state index contributed by atoms with van der Waals surface area (Å²) >= 11 is 0. The van der Waals surface area contributed by atoms with Crippen molar-refractivity contribution in [3.05, 3.63) is 29.6 Å². The van der Waals surface area contributed by atoms with E-state index in [1.54, 1.807) is 0 Å². The number of nitrogens with two attached hydrogens (primary N) is 1. The fourth-order valence-corrected chi connectivity index (χ4v) is 1.26. The third-order valence-electron chi connectivity index (χ3n) is 2.20. The molecule has 0 amide bonds. The Morgan fingerprint density at radius 1 is 1.40 bits per heavy atom. The van der Waals surface area contributed by atoms with Crippen LogP contribution in [0.2, 0.25) is 0 Å². The Kier molecular flexibility index (Phi) is 3.24. The summed E-state index contributed by atoms with van der Waals surface area (Å²) in [6.07, 6.45) is -2.80. The molecule has 0 aliphatic rings. The van der Waals surface area contributed by atoms with Crippen LogP contribution in [0.1, 0.15) is 12.5 Å². The second-order valence-corrected chi connectivity index (χ2v) is 3.40. The molecule has 2 nitrogen and oxygen atoms in total. The monoisotopic (exact) mass is 219 g/mol. The van der Waals surface area contributed by atoms with Crippen LogP contribution in [0, 0.1) is 5.82 Å². The summed E-state index contributed by atoms with van der Waals surface area (Å²) in [5.41, 5.74) is 3.46. The first-order chi connectivity index (χ1) is 6.91. The van der Waals surface area contributed by atoms with Crippen molar-refractivity contribution in [1.29, 1.82) is 0 Å². The van der Waals surface area contributed by atoms with E-state index in [4.69, 9.17) is 10.5 Å². The van der Waals surface area contributed by atoms with Gasteiger partial charge in [0.25, 0.3) is 6.43 Å². The molecule has 0 radical (unpaired) electrons. The quantitative estimate of drug-likeness (QED) is 0.846. The lowest BCUT2D eigenvalue weighted by Crippen LogP contribution is -2.41. The zero-order valence-corrected chi connectivity index (χ0v) is 8.43. The maximum Gasteiger partial charge on any atom is 0.260 e. The van der Waals surface area contributed by atoms with Crippen molar-refractivity contribution >= 4 is 0 Å². The van der Waals surface area contributed by atoms with E-state index >= 15 is 0 Å². The molecule has 0 heterocycles. The molecule has 15 heavy (non-hydrogen) atoms. The molecule has 1 aromatic rings. The number of benzene rings is 1. The Hall–Kier alpha value is -1.23. The molecule has 0 aliphatic heterocycles. The van der Waals surface area contributed by atoms with Crippen LogP contribution in [0.25, 0.3) is 0 Å². The van der Waals surface area contributed by atoms with Gasteiger partial charge in [-0.25, -0.2) is 13.2 Å². The van der Waals surface area contributed by atoms with Crippen molar-refractivity contribution < 1.29 is 17.9 Å². The number of hydrogen-bond acceptors (Lipinski definition) is 2. The second-order valence-electron chi connectivity index (χ2n) is 3.40. The third kappa shape index (κ3) is 2.07. The van der Waals surface area contributed by atoms with Crippen LogP contribution in [-0.4, -0.2) is 13.5 Å². The summed E-state index contributed by atoms with van der Waals surface area (Å²) in [6, 6.07) is 3.78. The molecular formula is C10H12F3NO. The van der Waals surface area contributed by atoms with Gasteiger partial charge in [-0.2, -0.15) is 0 Å². The van der Waals surface area contributed by atoms with E-state index in [0.717, 1.165) is 13.0 Å². The largest absolute Gasteiger partial charge is 0.493 e. The van der Waals surface area contributed by atoms with Gasteiger partial charge in [-0.15, -0.1) is 0 Å². The molecule has 0 aromatic heterocycles. The molecule has 0 bridgehead atoms. The van der Waals surface area contributed by atoms with Gasteiger partial charge in [0.15, 0.2) is 11.6 Å². The molecule has 1 unspecified atom stereocenters. The van der Waals surface area contributed by atoms with Crippen LogP contribution >= 0.6 is 0 Å². The highest BCUT2D eigenvalue weighted by atomic mass is 19.3. The van der Waals surface area contributed by atoms with Crippen molar-refractivity contribution in [2.24, 2.45) is 5.73 Å². The van der Waals surface area contributed by atoms with Gasteiger partial charge in [0.1, 0.15) is 5.54 Å². The number of rotatable bonds is 3. The minimum absolute atomic E-state index is 0.0417. The van der Waals surface area contributed by atoms with Gasteiger partial charge in [0, 0.05) is 5.56 Å². The minimum Gasteiger partial charge on any atom is -0.493 e. The molecule has 1 aromatic carbocycles. The molecule has 0 saturated heterocycles. The highest BCUT2D eigenvalue weighted by Gasteiger charge is 2.35. The first-order valence-electron chi connectivity index (χ1n) is 4.31. The lowest BCUT2D eigenvalue weighted by molar-refractivity contribution is 0.0607. The predicted molar refractivity (Wildman–Crippen MR) is 50.5 cm³/mol. The number of halogens is 3. The molecule has 0 saturated carbocycles. The summed E-state index contributed by atoms with van der Waals surface area (Å²) in [5.74, 6) is -0.935. The molecule has 0 spiro atoms. The minimum atomic E-state index is -2.80. The first-order valence-corrected chi connectivity index (χ1v) is 4.31. The van der Waals surface area contributed by atoms with E-state index in [1.165, 1.54) is 19.2 Å². The van der Waals surface area contributed by atoms with Crippen molar-refractivity contribution in [3.63, 3.8) is 0 Å². The van der Waals surface area contributed by atoms with E-state index in [2.05, 4.69) is 0 Å². The molecule has 84 valence electrons. The summed E-state index contributed by atoms with van der Waals surface area (Å²) in [6.45, 7) is 1.13. The van der Waals surface area contributed by atoms with Gasteiger partial charge < -0.3 is 10.5 Å². The van der Waals surface area contributed by atoms with Gasteiger partial charge in [-0.05, 0) is 13.0 Å². The van der Waals surface area contributed by atoms with Crippen LogP contribution in [-0.2, 0) is 5.54 Å². The Balaban J connectivity index is 3.31. The highest BCUT2D eigenvalue weighted by Crippen LogP contribution is 2.34. The molecule has 2 N–H and O–H groups in total. The van der Waals surface area contributed by atoms with Crippen LogP contribution in [0.3, 0.4) is 0 Å². The number of hydrogen-bond donors (Lipinski definition) is 1. The van der Waals surface area contributed by atoms with Crippen molar-refractivity contribution in [2.75, 3.05) is 7.11 Å². The molecule has 1 rings (SSSR count). The van der Waals surface area contributed by atoms with Crippen molar-refractivity contribution in [1.82, 2.24) is 0 Å². The normalized spacial score (nSPS) is 15.1. The van der Waals surface area contributed by atoms with Gasteiger partial charge in [0.2, 0.25) is 0 Å². The fraction of sp³-hybridized carbons (Fsp3) is 0.400.